The average Bonchev–Trinajstić information content (AvgIpc) is 2.53. The highest BCUT2D eigenvalue weighted by Gasteiger charge is 2.25. The second kappa shape index (κ2) is 5.96. The van der Waals surface area contributed by atoms with E-state index in [-0.39, 0.29) is 12.0 Å². The van der Waals surface area contributed by atoms with Crippen LogP contribution < -0.4 is 10.2 Å². The Bertz CT molecular complexity index is 606. The zero-order valence-corrected chi connectivity index (χ0v) is 12.6. The second-order valence-corrected chi connectivity index (χ2v) is 5.78. The van der Waals surface area contributed by atoms with Gasteiger partial charge in [0.15, 0.2) is 0 Å². The zero-order valence-electron chi connectivity index (χ0n) is 12.6. The van der Waals surface area contributed by atoms with Gasteiger partial charge < -0.3 is 20.1 Å². The molecule has 1 aromatic carbocycles. The van der Waals surface area contributed by atoms with Crippen LogP contribution >= 0.6 is 0 Å². The van der Waals surface area contributed by atoms with Gasteiger partial charge in [-0.05, 0) is 37.0 Å². The number of esters is 1. The van der Waals surface area contributed by atoms with Crippen LogP contribution in [0.3, 0.4) is 0 Å². The molecule has 6 heteroatoms. The van der Waals surface area contributed by atoms with E-state index in [4.69, 9.17) is 4.74 Å². The maximum atomic E-state index is 12.1. The topological polar surface area (TPSA) is 78.9 Å². The lowest BCUT2D eigenvalue weighted by Crippen LogP contribution is -2.37. The number of amides is 1. The first-order valence-electron chi connectivity index (χ1n) is 7.56. The van der Waals surface area contributed by atoms with Crippen molar-refractivity contribution in [2.75, 3.05) is 30.4 Å². The number of rotatable bonds is 2. The predicted octanol–water partition coefficient (Wildman–Crippen LogP) is 1.32. The smallest absolute Gasteiger partial charge is 0.340 e. The number of piperidine rings is 1. The van der Waals surface area contributed by atoms with E-state index in [2.05, 4.69) is 10.2 Å². The highest BCUT2D eigenvalue weighted by Crippen LogP contribution is 2.33. The average molecular weight is 304 g/mol. The molecule has 1 fully saturated rings. The number of aryl methyl sites for hydroxylation is 1. The van der Waals surface area contributed by atoms with E-state index >= 15 is 0 Å². The third-order valence-electron chi connectivity index (χ3n) is 4.33. The monoisotopic (exact) mass is 304 g/mol. The van der Waals surface area contributed by atoms with Crippen molar-refractivity contribution >= 4 is 23.3 Å². The summed E-state index contributed by atoms with van der Waals surface area (Å²) in [6.07, 6.45) is 2.24. The van der Waals surface area contributed by atoms with Crippen molar-refractivity contribution in [1.29, 1.82) is 0 Å². The second-order valence-electron chi connectivity index (χ2n) is 5.78. The van der Waals surface area contributed by atoms with Gasteiger partial charge >= 0.3 is 5.97 Å². The molecule has 22 heavy (non-hydrogen) atoms. The minimum Gasteiger partial charge on any atom is -0.465 e. The number of nitrogens with one attached hydrogen (secondary N) is 1. The molecular weight excluding hydrogens is 284 g/mol. The number of methoxy groups -OCH3 is 1. The first kappa shape index (κ1) is 14.8. The quantitative estimate of drug-likeness (QED) is 0.806. The molecular formula is C16H20N2O4. The fourth-order valence-electron chi connectivity index (χ4n) is 3.06. The summed E-state index contributed by atoms with van der Waals surface area (Å²) in [5, 5.41) is 12.5. The van der Waals surface area contributed by atoms with Gasteiger partial charge in [0, 0.05) is 25.2 Å². The Morgan fingerprint density at radius 3 is 2.73 bits per heavy atom. The number of hydrogen-bond donors (Lipinski definition) is 2. The van der Waals surface area contributed by atoms with E-state index < -0.39 is 5.97 Å². The van der Waals surface area contributed by atoms with Crippen molar-refractivity contribution in [2.45, 2.75) is 31.8 Å². The van der Waals surface area contributed by atoms with Gasteiger partial charge in [0.05, 0.1) is 24.5 Å². The van der Waals surface area contributed by atoms with E-state index in [9.17, 15) is 14.7 Å². The molecule has 0 aromatic heterocycles. The van der Waals surface area contributed by atoms with Gasteiger partial charge in [0.2, 0.25) is 5.91 Å². The number of aliphatic hydroxyl groups is 1. The van der Waals surface area contributed by atoms with Crippen LogP contribution in [-0.4, -0.2) is 43.3 Å². The fourth-order valence-corrected chi connectivity index (χ4v) is 3.06. The molecule has 0 spiro atoms. The Kier molecular flexibility index (Phi) is 4.02. The number of aliphatic hydroxyl groups excluding tert-OH is 1. The number of nitrogens with zero attached hydrogens (tertiary/aromatic N) is 1. The van der Waals surface area contributed by atoms with Gasteiger partial charge in [-0.3, -0.25) is 4.79 Å². The lowest BCUT2D eigenvalue weighted by Gasteiger charge is -2.33. The van der Waals surface area contributed by atoms with E-state index in [1.165, 1.54) is 7.11 Å². The molecule has 0 aliphatic carbocycles. The number of ether oxygens (including phenoxy) is 1. The summed E-state index contributed by atoms with van der Waals surface area (Å²) < 4.78 is 4.88. The molecule has 0 atom stereocenters. The third-order valence-corrected chi connectivity index (χ3v) is 4.33. The number of anilines is 2. The fraction of sp³-hybridized carbons (Fsp3) is 0.500. The van der Waals surface area contributed by atoms with Crippen LogP contribution in [0.2, 0.25) is 0 Å². The number of carbonyl (C=O) groups excluding carboxylic acids is 2. The van der Waals surface area contributed by atoms with Crippen LogP contribution in [0.1, 0.15) is 35.2 Å². The SMILES string of the molecule is COC(=O)c1cc2c(cc1N1CCC(O)CC1)CCC(=O)N2. The number of hydrogen-bond acceptors (Lipinski definition) is 5. The van der Waals surface area contributed by atoms with Crippen molar-refractivity contribution < 1.29 is 19.4 Å². The standard InChI is InChI=1S/C16H20N2O4/c1-22-16(21)12-9-13-10(2-3-15(20)17-13)8-14(12)18-6-4-11(19)5-7-18/h8-9,11,19H,2-7H2,1H3,(H,17,20). The van der Waals surface area contributed by atoms with Crippen molar-refractivity contribution in [3.8, 4) is 0 Å². The first-order valence-corrected chi connectivity index (χ1v) is 7.56. The molecule has 1 aromatic rings. The molecule has 2 aliphatic rings. The first-order chi connectivity index (χ1) is 10.6. The minimum atomic E-state index is -0.413. The zero-order chi connectivity index (χ0) is 15.7. The Morgan fingerprint density at radius 2 is 2.05 bits per heavy atom. The van der Waals surface area contributed by atoms with Crippen molar-refractivity contribution in [3.63, 3.8) is 0 Å². The summed E-state index contributed by atoms with van der Waals surface area (Å²) >= 11 is 0. The molecule has 118 valence electrons. The van der Waals surface area contributed by atoms with Gasteiger partial charge in [-0.25, -0.2) is 4.79 Å². The molecule has 0 unspecified atom stereocenters. The minimum absolute atomic E-state index is 0.0304. The molecule has 6 nitrogen and oxygen atoms in total. The van der Waals surface area contributed by atoms with Crippen LogP contribution in [0.4, 0.5) is 11.4 Å². The van der Waals surface area contributed by atoms with Crippen LogP contribution in [0.5, 0.6) is 0 Å². The Morgan fingerprint density at radius 1 is 1.32 bits per heavy atom. The molecule has 0 bridgehead atoms. The van der Waals surface area contributed by atoms with Gasteiger partial charge in [-0.1, -0.05) is 0 Å². The number of benzene rings is 1. The highest BCUT2D eigenvalue weighted by atomic mass is 16.5. The van der Waals surface area contributed by atoms with Crippen LogP contribution in [0.25, 0.3) is 0 Å². The van der Waals surface area contributed by atoms with Crippen molar-refractivity contribution in [1.82, 2.24) is 0 Å². The predicted molar refractivity (Wildman–Crippen MR) is 82.2 cm³/mol. The number of fused-ring (bicyclic) bond motifs is 1. The maximum Gasteiger partial charge on any atom is 0.340 e. The summed E-state index contributed by atoms with van der Waals surface area (Å²) in [4.78, 5) is 25.7. The highest BCUT2D eigenvalue weighted by molar-refractivity contribution is 6.01. The van der Waals surface area contributed by atoms with Gasteiger partial charge in [0.25, 0.3) is 0 Å². The summed E-state index contributed by atoms with van der Waals surface area (Å²) in [7, 11) is 1.35. The van der Waals surface area contributed by atoms with E-state index in [0.717, 1.165) is 11.3 Å². The van der Waals surface area contributed by atoms with E-state index in [1.54, 1.807) is 6.07 Å². The molecule has 1 amide bonds. The summed E-state index contributed by atoms with van der Waals surface area (Å²) in [5.41, 5.74) is 3.01. The van der Waals surface area contributed by atoms with Crippen LogP contribution in [0.15, 0.2) is 12.1 Å². The van der Waals surface area contributed by atoms with E-state index in [1.807, 2.05) is 6.07 Å². The van der Waals surface area contributed by atoms with Gasteiger partial charge in [-0.15, -0.1) is 0 Å². The lowest BCUT2D eigenvalue weighted by molar-refractivity contribution is -0.116. The van der Waals surface area contributed by atoms with E-state index in [0.29, 0.717) is 50.0 Å². The summed E-state index contributed by atoms with van der Waals surface area (Å²) in [6, 6.07) is 3.68. The molecule has 2 N–H and O–H groups in total. The van der Waals surface area contributed by atoms with Crippen LogP contribution in [-0.2, 0) is 16.0 Å². The largest absolute Gasteiger partial charge is 0.465 e. The molecule has 2 aliphatic heterocycles. The molecule has 3 rings (SSSR count). The summed E-state index contributed by atoms with van der Waals surface area (Å²) in [6.45, 7) is 1.41. The van der Waals surface area contributed by atoms with Gasteiger partial charge in [-0.2, -0.15) is 0 Å². The molecule has 0 radical (unpaired) electrons. The molecule has 1 saturated heterocycles. The summed E-state index contributed by atoms with van der Waals surface area (Å²) in [5.74, 6) is -0.444. The number of carbonyl (C=O) groups is 2. The van der Waals surface area contributed by atoms with Crippen LogP contribution in [0, 0.1) is 0 Å². The Balaban J connectivity index is 1.99. The Hall–Kier alpha value is -2.08. The Labute approximate surface area is 129 Å². The van der Waals surface area contributed by atoms with Gasteiger partial charge in [0.1, 0.15) is 0 Å². The van der Waals surface area contributed by atoms with Crippen molar-refractivity contribution in [2.24, 2.45) is 0 Å². The normalized spacial score (nSPS) is 18.6. The van der Waals surface area contributed by atoms with Crippen molar-refractivity contribution in [3.05, 3.63) is 23.3 Å². The lowest BCUT2D eigenvalue weighted by atomic mass is 9.97. The molecule has 0 saturated carbocycles. The molecule has 2 heterocycles. The maximum absolute atomic E-state index is 12.1. The third kappa shape index (κ3) is 2.78.